The van der Waals surface area contributed by atoms with E-state index in [0.717, 1.165) is 64.3 Å². The van der Waals surface area contributed by atoms with E-state index >= 15 is 0 Å². The molecular formula is C23H33N3O3. The van der Waals surface area contributed by atoms with Crippen LogP contribution in [0.1, 0.15) is 43.5 Å². The number of benzene rings is 1. The Morgan fingerprint density at radius 2 is 1.83 bits per heavy atom. The Labute approximate surface area is 173 Å². The van der Waals surface area contributed by atoms with Crippen molar-refractivity contribution in [2.24, 2.45) is 16.7 Å². The summed E-state index contributed by atoms with van der Waals surface area (Å²) in [5.74, 6) is 1.65. The van der Waals surface area contributed by atoms with E-state index in [2.05, 4.69) is 24.1 Å². The summed E-state index contributed by atoms with van der Waals surface area (Å²) in [5, 5.41) is 3.11. The van der Waals surface area contributed by atoms with Crippen LogP contribution in [0.4, 0.5) is 0 Å². The second kappa shape index (κ2) is 7.63. The van der Waals surface area contributed by atoms with E-state index in [-0.39, 0.29) is 22.6 Å². The summed E-state index contributed by atoms with van der Waals surface area (Å²) in [6.07, 6.45) is 2.72. The van der Waals surface area contributed by atoms with Crippen molar-refractivity contribution >= 4 is 11.8 Å². The molecule has 0 bridgehead atoms. The zero-order valence-electron chi connectivity index (χ0n) is 17.9. The van der Waals surface area contributed by atoms with Crippen molar-refractivity contribution in [2.75, 3.05) is 46.4 Å². The number of carbonyl (C=O) groups excluding carboxylic acids is 2. The molecule has 4 rings (SSSR count). The van der Waals surface area contributed by atoms with E-state index in [4.69, 9.17) is 4.74 Å². The van der Waals surface area contributed by atoms with Crippen LogP contribution >= 0.6 is 0 Å². The summed E-state index contributed by atoms with van der Waals surface area (Å²) in [6, 6.07) is 7.32. The molecule has 3 aliphatic rings. The van der Waals surface area contributed by atoms with Crippen LogP contribution in [0.5, 0.6) is 5.75 Å². The minimum absolute atomic E-state index is 0.0147. The van der Waals surface area contributed by atoms with Gasteiger partial charge in [0.2, 0.25) is 5.91 Å². The number of piperidine rings is 1. The largest absolute Gasteiger partial charge is 0.497 e. The molecule has 0 aromatic heterocycles. The number of nitrogens with zero attached hydrogens (tertiary/aromatic N) is 2. The average Bonchev–Trinajstić information content (AvgIpc) is 3.22. The van der Waals surface area contributed by atoms with Crippen LogP contribution in [0.15, 0.2) is 24.3 Å². The highest BCUT2D eigenvalue weighted by Crippen LogP contribution is 2.56. The lowest BCUT2D eigenvalue weighted by Gasteiger charge is -2.46. The van der Waals surface area contributed by atoms with Gasteiger partial charge in [-0.2, -0.15) is 0 Å². The van der Waals surface area contributed by atoms with Gasteiger partial charge in [-0.3, -0.25) is 9.59 Å². The maximum atomic E-state index is 13.0. The summed E-state index contributed by atoms with van der Waals surface area (Å²) >= 11 is 0. The average molecular weight is 400 g/mol. The first-order valence-corrected chi connectivity index (χ1v) is 10.8. The van der Waals surface area contributed by atoms with Crippen LogP contribution in [0, 0.1) is 16.7 Å². The smallest absolute Gasteiger partial charge is 0.253 e. The normalized spacial score (nSPS) is 26.5. The maximum Gasteiger partial charge on any atom is 0.253 e. The van der Waals surface area contributed by atoms with Gasteiger partial charge in [0.05, 0.1) is 12.5 Å². The Morgan fingerprint density at radius 3 is 2.38 bits per heavy atom. The van der Waals surface area contributed by atoms with Gasteiger partial charge in [0.15, 0.2) is 0 Å². The molecular weight excluding hydrogens is 366 g/mol. The first-order valence-electron chi connectivity index (χ1n) is 10.8. The lowest BCUT2D eigenvalue weighted by atomic mass is 9.60. The zero-order chi connectivity index (χ0) is 20.6. The minimum Gasteiger partial charge on any atom is -0.497 e. The van der Waals surface area contributed by atoms with E-state index in [9.17, 15) is 9.59 Å². The number of ether oxygens (including phenoxy) is 1. The molecule has 6 nitrogen and oxygen atoms in total. The molecule has 3 aliphatic heterocycles. The van der Waals surface area contributed by atoms with Crippen LogP contribution in [-0.2, 0) is 4.79 Å². The fourth-order valence-electron chi connectivity index (χ4n) is 5.85. The summed E-state index contributed by atoms with van der Waals surface area (Å²) in [5.41, 5.74) is 0.402. The fraction of sp³-hybridized carbons (Fsp3) is 0.652. The molecule has 2 amide bonds. The van der Waals surface area contributed by atoms with Gasteiger partial charge in [-0.05, 0) is 49.4 Å². The van der Waals surface area contributed by atoms with Crippen molar-refractivity contribution < 1.29 is 14.3 Å². The minimum atomic E-state index is -0.281. The summed E-state index contributed by atoms with van der Waals surface area (Å²) in [4.78, 5) is 30.4. The van der Waals surface area contributed by atoms with Gasteiger partial charge in [0.1, 0.15) is 5.75 Å². The van der Waals surface area contributed by atoms with Crippen LogP contribution < -0.4 is 10.1 Å². The Balaban J connectivity index is 1.50. The fourth-order valence-corrected chi connectivity index (χ4v) is 5.85. The third-order valence-corrected chi connectivity index (χ3v) is 7.28. The predicted molar refractivity (Wildman–Crippen MR) is 112 cm³/mol. The molecule has 29 heavy (non-hydrogen) atoms. The molecule has 1 atom stereocenters. The van der Waals surface area contributed by atoms with Crippen molar-refractivity contribution in [3.63, 3.8) is 0 Å². The van der Waals surface area contributed by atoms with E-state index in [0.29, 0.717) is 11.5 Å². The highest BCUT2D eigenvalue weighted by atomic mass is 16.5. The Bertz CT molecular complexity index is 768. The van der Waals surface area contributed by atoms with Crippen molar-refractivity contribution in [1.29, 1.82) is 0 Å². The lowest BCUT2D eigenvalue weighted by Crippen LogP contribution is -2.53. The second-order valence-electron chi connectivity index (χ2n) is 9.45. The monoisotopic (exact) mass is 399 g/mol. The Morgan fingerprint density at radius 1 is 1.14 bits per heavy atom. The van der Waals surface area contributed by atoms with Gasteiger partial charge < -0.3 is 19.9 Å². The molecule has 0 aliphatic carbocycles. The number of likely N-dealkylation sites (tertiary alicyclic amines) is 2. The number of fused-ring (bicyclic) bond motifs is 1. The summed E-state index contributed by atoms with van der Waals surface area (Å²) in [7, 11) is 1.63. The molecule has 2 spiro atoms. The highest BCUT2D eigenvalue weighted by molar-refractivity contribution is 5.94. The van der Waals surface area contributed by atoms with Crippen molar-refractivity contribution in [3.8, 4) is 5.75 Å². The molecule has 3 saturated heterocycles. The molecule has 158 valence electrons. The van der Waals surface area contributed by atoms with E-state index in [1.54, 1.807) is 7.11 Å². The molecule has 0 radical (unpaired) electrons. The van der Waals surface area contributed by atoms with E-state index < -0.39 is 0 Å². The number of nitrogens with one attached hydrogen (secondary N) is 1. The second-order valence-corrected chi connectivity index (χ2v) is 9.45. The zero-order valence-corrected chi connectivity index (χ0v) is 17.9. The Kier molecular flexibility index (Phi) is 5.32. The quantitative estimate of drug-likeness (QED) is 0.845. The van der Waals surface area contributed by atoms with E-state index in [1.807, 2.05) is 29.2 Å². The summed E-state index contributed by atoms with van der Waals surface area (Å²) in [6.45, 7) is 9.57. The number of amides is 2. The standard InChI is InChI=1S/C23H33N3O3/c1-17(2)14-25-15-22(23(16-25)8-11-24-21(23)28)9-12-26(13-10-22)20(27)18-4-6-19(29-3)7-5-18/h4-7,17H,8-16H2,1-3H3,(H,24,28)/t23-/m0/s1. The first kappa shape index (κ1) is 20.2. The molecule has 0 saturated carbocycles. The SMILES string of the molecule is COc1ccc(C(=O)N2CCC3(CC2)CN(CC(C)C)C[C@]32CCNC2=O)cc1. The van der Waals surface area contributed by atoms with Crippen molar-refractivity contribution in [1.82, 2.24) is 15.1 Å². The van der Waals surface area contributed by atoms with Gasteiger partial charge in [-0.1, -0.05) is 13.8 Å². The number of hydrogen-bond acceptors (Lipinski definition) is 4. The molecule has 1 aromatic rings. The molecule has 3 fully saturated rings. The highest BCUT2D eigenvalue weighted by Gasteiger charge is 2.63. The van der Waals surface area contributed by atoms with Gasteiger partial charge in [0.25, 0.3) is 5.91 Å². The number of methoxy groups -OCH3 is 1. The molecule has 3 heterocycles. The van der Waals surface area contributed by atoms with Crippen molar-refractivity contribution in [3.05, 3.63) is 29.8 Å². The van der Waals surface area contributed by atoms with Crippen LogP contribution in [0.2, 0.25) is 0 Å². The number of rotatable bonds is 4. The van der Waals surface area contributed by atoms with Gasteiger partial charge in [-0.25, -0.2) is 0 Å². The number of hydrogen-bond donors (Lipinski definition) is 1. The van der Waals surface area contributed by atoms with Crippen molar-refractivity contribution in [2.45, 2.75) is 33.1 Å². The third kappa shape index (κ3) is 3.41. The van der Waals surface area contributed by atoms with Gasteiger partial charge in [-0.15, -0.1) is 0 Å². The first-order chi connectivity index (χ1) is 13.9. The maximum absolute atomic E-state index is 13.0. The molecule has 0 unspecified atom stereocenters. The third-order valence-electron chi connectivity index (χ3n) is 7.28. The van der Waals surface area contributed by atoms with Gasteiger partial charge in [0, 0.05) is 50.2 Å². The van der Waals surface area contributed by atoms with Crippen LogP contribution in [0.25, 0.3) is 0 Å². The van der Waals surface area contributed by atoms with Gasteiger partial charge >= 0.3 is 0 Å². The molecule has 6 heteroatoms. The Hall–Kier alpha value is -2.08. The topological polar surface area (TPSA) is 61.9 Å². The van der Waals surface area contributed by atoms with E-state index in [1.165, 1.54) is 0 Å². The van der Waals surface area contributed by atoms with Crippen LogP contribution in [-0.4, -0.2) is 68.0 Å². The lowest BCUT2D eigenvalue weighted by molar-refractivity contribution is -0.133. The number of carbonyl (C=O) groups is 2. The predicted octanol–water partition coefficient (Wildman–Crippen LogP) is 2.40. The summed E-state index contributed by atoms with van der Waals surface area (Å²) < 4.78 is 5.19. The molecule has 1 aromatic carbocycles. The molecule has 1 N–H and O–H groups in total. The van der Waals surface area contributed by atoms with Crippen LogP contribution in [0.3, 0.4) is 0 Å².